The second-order valence-corrected chi connectivity index (χ2v) is 6.87. The van der Waals surface area contributed by atoms with Gasteiger partial charge in [0.15, 0.2) is 5.69 Å². The average Bonchev–Trinajstić information content (AvgIpc) is 3.28. The van der Waals surface area contributed by atoms with Gasteiger partial charge in [-0.3, -0.25) is 9.89 Å². The van der Waals surface area contributed by atoms with Gasteiger partial charge in [-0.1, -0.05) is 6.07 Å². The van der Waals surface area contributed by atoms with Gasteiger partial charge in [0, 0.05) is 24.0 Å². The second kappa shape index (κ2) is 6.68. The van der Waals surface area contributed by atoms with E-state index in [1.54, 1.807) is 29.5 Å². The number of hydrogen-bond acceptors (Lipinski definition) is 4. The highest BCUT2D eigenvalue weighted by Crippen LogP contribution is 2.25. The minimum absolute atomic E-state index is 0.0925. The molecule has 1 aliphatic heterocycles. The van der Waals surface area contributed by atoms with Crippen molar-refractivity contribution in [3.05, 3.63) is 69.4 Å². The summed E-state index contributed by atoms with van der Waals surface area (Å²) in [5.74, 6) is -0.00974. The lowest BCUT2D eigenvalue weighted by Gasteiger charge is -2.26. The van der Waals surface area contributed by atoms with Gasteiger partial charge in [0.1, 0.15) is 18.2 Å². The van der Waals surface area contributed by atoms with Crippen molar-refractivity contribution in [2.45, 2.75) is 19.6 Å². The maximum absolute atomic E-state index is 13.1. The molecule has 0 spiro atoms. The zero-order valence-corrected chi connectivity index (χ0v) is 14.2. The molecule has 1 N–H and O–H groups in total. The first kappa shape index (κ1) is 15.8. The van der Waals surface area contributed by atoms with Crippen LogP contribution in [0.15, 0.2) is 41.8 Å². The number of nitrogens with zero attached hydrogens (tertiary/aromatic N) is 2. The van der Waals surface area contributed by atoms with Gasteiger partial charge < -0.3 is 9.64 Å². The minimum Gasteiger partial charge on any atom is -0.487 e. The van der Waals surface area contributed by atoms with E-state index in [1.165, 1.54) is 22.6 Å². The molecule has 2 aromatic heterocycles. The molecule has 0 saturated carbocycles. The molecule has 0 fully saturated rings. The van der Waals surface area contributed by atoms with E-state index in [1.807, 2.05) is 4.90 Å². The molecule has 3 aromatic rings. The Morgan fingerprint density at radius 3 is 3.16 bits per heavy atom. The molecule has 1 amide bonds. The largest absolute Gasteiger partial charge is 0.487 e. The van der Waals surface area contributed by atoms with Crippen LogP contribution in [0.25, 0.3) is 0 Å². The van der Waals surface area contributed by atoms with Crippen LogP contribution in [0, 0.1) is 5.82 Å². The van der Waals surface area contributed by atoms with Crippen LogP contribution in [0.5, 0.6) is 5.75 Å². The summed E-state index contributed by atoms with van der Waals surface area (Å²) in [6.07, 6.45) is 0.888. The molecule has 0 atom stereocenters. The van der Waals surface area contributed by atoms with Gasteiger partial charge in [-0.05, 0) is 41.6 Å². The molecule has 0 bridgehead atoms. The Balaban J connectivity index is 1.40. The zero-order valence-electron chi connectivity index (χ0n) is 13.4. The number of aromatic amines is 1. The topological polar surface area (TPSA) is 58.2 Å². The van der Waals surface area contributed by atoms with E-state index in [2.05, 4.69) is 21.6 Å². The van der Waals surface area contributed by atoms with Crippen molar-refractivity contribution < 1.29 is 13.9 Å². The quantitative estimate of drug-likeness (QED) is 0.779. The summed E-state index contributed by atoms with van der Waals surface area (Å²) in [5.41, 5.74) is 2.26. The van der Waals surface area contributed by atoms with E-state index < -0.39 is 0 Å². The molecule has 0 radical (unpaired) electrons. The molecule has 7 heteroatoms. The first-order valence-corrected chi connectivity index (χ1v) is 8.84. The molecule has 4 rings (SSSR count). The Bertz CT molecular complexity index is 905. The molecule has 128 valence electrons. The number of hydrogen-bond donors (Lipinski definition) is 1. The van der Waals surface area contributed by atoms with E-state index in [4.69, 9.17) is 4.74 Å². The minimum atomic E-state index is -0.351. The molecular weight excluding hydrogens is 341 g/mol. The number of thiophene rings is 1. The fraction of sp³-hybridized carbons (Fsp3) is 0.222. The third kappa shape index (κ3) is 3.41. The van der Waals surface area contributed by atoms with Crippen LogP contribution in [0.4, 0.5) is 4.39 Å². The first-order valence-electron chi connectivity index (χ1n) is 7.96. The van der Waals surface area contributed by atoms with Crippen molar-refractivity contribution in [1.29, 1.82) is 0 Å². The number of amides is 1. The van der Waals surface area contributed by atoms with Gasteiger partial charge in [-0.2, -0.15) is 5.10 Å². The van der Waals surface area contributed by atoms with E-state index in [-0.39, 0.29) is 18.3 Å². The Morgan fingerprint density at radius 2 is 2.28 bits per heavy atom. The number of nitrogens with one attached hydrogen (secondary N) is 1. The normalized spacial score (nSPS) is 13.6. The molecule has 0 saturated heterocycles. The first-order chi connectivity index (χ1) is 12.2. The summed E-state index contributed by atoms with van der Waals surface area (Å²) in [6.45, 7) is 1.52. The van der Waals surface area contributed by atoms with Crippen molar-refractivity contribution in [2.24, 2.45) is 0 Å². The highest BCUT2D eigenvalue weighted by molar-refractivity contribution is 7.10. The lowest BCUT2D eigenvalue weighted by atomic mass is 10.1. The van der Waals surface area contributed by atoms with Crippen LogP contribution in [-0.2, 0) is 19.6 Å². The summed E-state index contributed by atoms with van der Waals surface area (Å²) >= 11 is 1.74. The number of halogens is 1. The van der Waals surface area contributed by atoms with E-state index >= 15 is 0 Å². The number of carbonyl (C=O) groups is 1. The van der Waals surface area contributed by atoms with Crippen LogP contribution < -0.4 is 4.74 Å². The van der Waals surface area contributed by atoms with Crippen molar-refractivity contribution in [2.75, 3.05) is 6.54 Å². The number of aromatic nitrogens is 2. The summed E-state index contributed by atoms with van der Waals surface area (Å²) in [6, 6.07) is 9.69. The molecule has 0 unspecified atom stereocenters. The van der Waals surface area contributed by atoms with Gasteiger partial charge in [-0.15, -0.1) is 11.3 Å². The van der Waals surface area contributed by atoms with Crippen LogP contribution in [0.1, 0.15) is 26.6 Å². The highest BCUT2D eigenvalue weighted by Gasteiger charge is 2.24. The number of fused-ring (bicyclic) bond motifs is 1. The number of H-pyrrole nitrogens is 1. The zero-order chi connectivity index (χ0) is 17.2. The van der Waals surface area contributed by atoms with Crippen molar-refractivity contribution >= 4 is 17.2 Å². The summed E-state index contributed by atoms with van der Waals surface area (Å²) < 4.78 is 18.7. The number of carbonyl (C=O) groups excluding carboxylic acids is 1. The predicted molar refractivity (Wildman–Crippen MR) is 92.1 cm³/mol. The van der Waals surface area contributed by atoms with E-state index in [9.17, 15) is 9.18 Å². The summed E-state index contributed by atoms with van der Waals surface area (Å²) in [5, 5.41) is 8.97. The van der Waals surface area contributed by atoms with Gasteiger partial charge in [-0.25, -0.2) is 4.39 Å². The maximum atomic E-state index is 13.1. The molecule has 1 aliphatic rings. The Morgan fingerprint density at radius 1 is 1.36 bits per heavy atom. The fourth-order valence-corrected chi connectivity index (χ4v) is 3.74. The van der Waals surface area contributed by atoms with Crippen LogP contribution >= 0.6 is 11.3 Å². The third-order valence-corrected chi connectivity index (χ3v) is 5.16. The van der Waals surface area contributed by atoms with Crippen molar-refractivity contribution in [3.63, 3.8) is 0 Å². The van der Waals surface area contributed by atoms with Gasteiger partial charge in [0.05, 0.1) is 5.69 Å². The predicted octanol–water partition coefficient (Wildman–Crippen LogP) is 3.39. The van der Waals surface area contributed by atoms with Crippen LogP contribution in [-0.4, -0.2) is 27.5 Å². The average molecular weight is 357 g/mol. The van der Waals surface area contributed by atoms with Crippen LogP contribution in [0.2, 0.25) is 0 Å². The monoisotopic (exact) mass is 357 g/mol. The molecule has 0 aliphatic carbocycles. The maximum Gasteiger partial charge on any atom is 0.274 e. The van der Waals surface area contributed by atoms with Gasteiger partial charge in [0.25, 0.3) is 5.91 Å². The van der Waals surface area contributed by atoms with Crippen molar-refractivity contribution in [3.8, 4) is 5.75 Å². The molecule has 3 heterocycles. The van der Waals surface area contributed by atoms with E-state index in [0.29, 0.717) is 30.2 Å². The smallest absolute Gasteiger partial charge is 0.274 e. The third-order valence-electron chi connectivity index (χ3n) is 4.14. The SMILES string of the molecule is O=C(c1cc(COc2cccc(F)c2)[nH]n1)N1CCc2sccc2C1. The van der Waals surface area contributed by atoms with Gasteiger partial charge >= 0.3 is 0 Å². The van der Waals surface area contributed by atoms with Gasteiger partial charge in [0.2, 0.25) is 0 Å². The summed E-state index contributed by atoms with van der Waals surface area (Å²) in [7, 11) is 0. The molecule has 25 heavy (non-hydrogen) atoms. The molecule has 1 aromatic carbocycles. The highest BCUT2D eigenvalue weighted by atomic mass is 32.1. The summed E-state index contributed by atoms with van der Waals surface area (Å²) in [4.78, 5) is 15.8. The molecular formula is C18H16FN3O2S. The Labute approximate surface area is 148 Å². The van der Waals surface area contributed by atoms with E-state index in [0.717, 1.165) is 6.42 Å². The lowest BCUT2D eigenvalue weighted by molar-refractivity contribution is 0.0730. The fourth-order valence-electron chi connectivity index (χ4n) is 2.85. The Kier molecular flexibility index (Phi) is 4.23. The van der Waals surface area contributed by atoms with Crippen LogP contribution in [0.3, 0.4) is 0 Å². The lowest BCUT2D eigenvalue weighted by Crippen LogP contribution is -2.35. The number of ether oxygens (including phenoxy) is 1. The standard InChI is InChI=1S/C18H16FN3O2S/c19-13-2-1-3-15(8-13)24-11-14-9-16(21-20-14)18(23)22-6-4-17-12(10-22)5-7-25-17/h1-3,5,7-9H,4,6,10-11H2,(H,20,21). The Hall–Kier alpha value is -2.67. The number of rotatable bonds is 4. The van der Waals surface area contributed by atoms with Crippen molar-refractivity contribution in [1.82, 2.24) is 15.1 Å². The number of benzene rings is 1. The second-order valence-electron chi connectivity index (χ2n) is 5.87. The molecule has 5 nitrogen and oxygen atoms in total.